The lowest BCUT2D eigenvalue weighted by Crippen LogP contribution is -2.06. The molecule has 0 heterocycles. The number of benzene rings is 2. The van der Waals surface area contributed by atoms with Crippen LogP contribution in [0.5, 0.6) is 5.75 Å². The van der Waals surface area contributed by atoms with E-state index in [4.69, 9.17) is 22.1 Å². The van der Waals surface area contributed by atoms with Gasteiger partial charge in [0.25, 0.3) is 0 Å². The Bertz CT molecular complexity index is 626. The second kappa shape index (κ2) is 7.33. The lowest BCUT2D eigenvalue weighted by atomic mass is 10.2. The van der Waals surface area contributed by atoms with Crippen molar-refractivity contribution in [2.24, 2.45) is 10.7 Å². The van der Waals surface area contributed by atoms with E-state index in [9.17, 15) is 4.39 Å². The van der Waals surface area contributed by atoms with Gasteiger partial charge in [-0.25, -0.2) is 9.38 Å². The van der Waals surface area contributed by atoms with Crippen LogP contribution in [-0.4, -0.2) is 12.3 Å². The maximum absolute atomic E-state index is 13.6. The zero-order valence-corrected chi connectivity index (χ0v) is 12.9. The summed E-state index contributed by atoms with van der Waals surface area (Å²) in [5.74, 6) is 0.738. The highest BCUT2D eigenvalue weighted by Gasteiger charge is 2.08. The van der Waals surface area contributed by atoms with Gasteiger partial charge >= 0.3 is 0 Å². The second-order valence-corrected chi connectivity index (χ2v) is 5.54. The third-order valence-corrected chi connectivity index (χ3v) is 3.91. The molecule has 0 aliphatic rings. The summed E-state index contributed by atoms with van der Waals surface area (Å²) in [4.78, 5) is 4.25. The lowest BCUT2D eigenvalue weighted by molar-refractivity contribution is 0.415. The van der Waals surface area contributed by atoms with Crippen LogP contribution in [0.3, 0.4) is 0 Å². The Balaban J connectivity index is 2.03. The molecule has 0 aliphatic heterocycles. The first-order chi connectivity index (χ1) is 10.1. The number of ether oxygens (including phenoxy) is 1. The molecule has 2 N–H and O–H groups in total. The van der Waals surface area contributed by atoms with Crippen molar-refractivity contribution in [1.82, 2.24) is 0 Å². The Kier molecular flexibility index (Phi) is 5.47. The average molecular weight is 325 g/mol. The van der Waals surface area contributed by atoms with E-state index in [1.807, 2.05) is 0 Å². The minimum absolute atomic E-state index is 0.330. The van der Waals surface area contributed by atoms with Gasteiger partial charge in [-0.05, 0) is 36.4 Å². The molecule has 0 bridgehead atoms. The summed E-state index contributed by atoms with van der Waals surface area (Å²) in [6, 6.07) is 11.8. The van der Waals surface area contributed by atoms with Crippen LogP contribution in [0, 0.1) is 5.82 Å². The monoisotopic (exact) mass is 324 g/mol. The minimum Gasteiger partial charge on any atom is -0.497 e. The smallest absolute Gasteiger partial charge is 0.159 e. The highest BCUT2D eigenvalue weighted by atomic mass is 35.5. The van der Waals surface area contributed by atoms with E-state index in [-0.39, 0.29) is 5.82 Å². The van der Waals surface area contributed by atoms with Gasteiger partial charge in [0.1, 0.15) is 11.6 Å². The van der Waals surface area contributed by atoms with Crippen LogP contribution in [0.25, 0.3) is 0 Å². The number of nitrogens with two attached hydrogens (primary N) is 1. The average Bonchev–Trinajstić information content (AvgIpc) is 2.47. The fourth-order valence-corrected chi connectivity index (χ4v) is 2.70. The summed E-state index contributed by atoms with van der Waals surface area (Å²) >= 11 is 7.19. The van der Waals surface area contributed by atoms with Crippen molar-refractivity contribution in [2.45, 2.75) is 5.75 Å². The van der Waals surface area contributed by atoms with E-state index in [2.05, 4.69) is 4.99 Å². The second-order valence-electron chi connectivity index (χ2n) is 4.14. The summed E-state index contributed by atoms with van der Waals surface area (Å²) in [6.07, 6.45) is 0. The summed E-state index contributed by atoms with van der Waals surface area (Å²) in [5.41, 5.74) is 6.98. The summed E-state index contributed by atoms with van der Waals surface area (Å²) in [7, 11) is 1.60. The molecule has 0 amide bonds. The molecule has 2 rings (SSSR count). The molecule has 21 heavy (non-hydrogen) atoms. The van der Waals surface area contributed by atoms with Gasteiger partial charge in [0, 0.05) is 16.3 Å². The zero-order chi connectivity index (χ0) is 15.2. The number of rotatable bonds is 4. The fraction of sp³-hybridized carbons (Fsp3) is 0.133. The summed E-state index contributed by atoms with van der Waals surface area (Å²) in [6.45, 7) is 0. The number of aliphatic imine (C=N–C) groups is 1. The number of thioether (sulfide) groups is 1. The summed E-state index contributed by atoms with van der Waals surface area (Å²) < 4.78 is 18.7. The fourth-order valence-electron chi connectivity index (χ4n) is 1.63. The number of amidine groups is 1. The van der Waals surface area contributed by atoms with Gasteiger partial charge in [0.2, 0.25) is 0 Å². The van der Waals surface area contributed by atoms with Crippen LogP contribution < -0.4 is 10.5 Å². The topological polar surface area (TPSA) is 47.6 Å². The van der Waals surface area contributed by atoms with E-state index in [1.165, 1.54) is 17.8 Å². The van der Waals surface area contributed by atoms with Gasteiger partial charge in [-0.2, -0.15) is 0 Å². The van der Waals surface area contributed by atoms with Gasteiger partial charge < -0.3 is 10.5 Å². The van der Waals surface area contributed by atoms with Gasteiger partial charge in [0.15, 0.2) is 5.17 Å². The van der Waals surface area contributed by atoms with Gasteiger partial charge in [-0.3, -0.25) is 0 Å². The molecule has 0 saturated heterocycles. The Morgan fingerprint density at radius 3 is 2.62 bits per heavy atom. The Hall–Kier alpha value is -1.72. The van der Waals surface area contributed by atoms with Gasteiger partial charge in [-0.15, -0.1) is 0 Å². The predicted molar refractivity (Wildman–Crippen MR) is 87.0 cm³/mol. The maximum atomic E-state index is 13.6. The SMILES string of the molecule is COc1ccc(N=C(N)SCc2c(F)cccc2Cl)cc1. The first-order valence-corrected chi connectivity index (χ1v) is 7.50. The maximum Gasteiger partial charge on any atom is 0.159 e. The lowest BCUT2D eigenvalue weighted by Gasteiger charge is -2.05. The molecular formula is C15H14ClFN2OS. The highest BCUT2D eigenvalue weighted by molar-refractivity contribution is 8.13. The molecule has 0 spiro atoms. The molecule has 0 aromatic heterocycles. The third-order valence-electron chi connectivity index (χ3n) is 2.74. The molecule has 0 aliphatic carbocycles. The molecular weight excluding hydrogens is 311 g/mol. The molecule has 0 saturated carbocycles. The molecule has 0 fully saturated rings. The van der Waals surface area contributed by atoms with Crippen LogP contribution in [0.2, 0.25) is 5.02 Å². The van der Waals surface area contributed by atoms with Crippen molar-refractivity contribution in [3.05, 3.63) is 58.9 Å². The molecule has 2 aromatic carbocycles. The minimum atomic E-state index is -0.341. The molecule has 110 valence electrons. The summed E-state index contributed by atoms with van der Waals surface area (Å²) in [5, 5.41) is 0.735. The van der Waals surface area contributed by atoms with Crippen molar-refractivity contribution in [3.8, 4) is 5.75 Å². The molecule has 6 heteroatoms. The first-order valence-electron chi connectivity index (χ1n) is 6.14. The number of halogens is 2. The number of nitrogens with zero attached hydrogens (tertiary/aromatic N) is 1. The van der Waals surface area contributed by atoms with Crippen molar-refractivity contribution in [1.29, 1.82) is 0 Å². The number of hydrogen-bond acceptors (Lipinski definition) is 3. The van der Waals surface area contributed by atoms with Crippen molar-refractivity contribution < 1.29 is 9.13 Å². The van der Waals surface area contributed by atoms with Crippen LogP contribution in [0.1, 0.15) is 5.56 Å². The predicted octanol–water partition coefficient (Wildman–Crippen LogP) is 4.37. The molecule has 0 atom stereocenters. The van der Waals surface area contributed by atoms with Crippen molar-refractivity contribution >= 4 is 34.2 Å². The first kappa shape index (κ1) is 15.7. The van der Waals surface area contributed by atoms with Crippen LogP contribution in [0.15, 0.2) is 47.5 Å². The highest BCUT2D eigenvalue weighted by Crippen LogP contribution is 2.25. The Morgan fingerprint density at radius 2 is 2.00 bits per heavy atom. The number of hydrogen-bond donors (Lipinski definition) is 1. The van der Waals surface area contributed by atoms with Crippen LogP contribution >= 0.6 is 23.4 Å². The van der Waals surface area contributed by atoms with E-state index in [1.54, 1.807) is 43.5 Å². The molecule has 0 radical (unpaired) electrons. The van der Waals surface area contributed by atoms with Crippen LogP contribution in [0.4, 0.5) is 10.1 Å². The van der Waals surface area contributed by atoms with Gasteiger partial charge in [0.05, 0.1) is 12.8 Å². The van der Waals surface area contributed by atoms with E-state index in [0.29, 0.717) is 27.2 Å². The molecule has 0 unspecified atom stereocenters. The van der Waals surface area contributed by atoms with Crippen molar-refractivity contribution in [2.75, 3.05) is 7.11 Å². The Morgan fingerprint density at radius 1 is 1.29 bits per heavy atom. The van der Waals surface area contributed by atoms with E-state index in [0.717, 1.165) is 5.75 Å². The quantitative estimate of drug-likeness (QED) is 0.671. The van der Waals surface area contributed by atoms with Crippen LogP contribution in [-0.2, 0) is 5.75 Å². The zero-order valence-electron chi connectivity index (χ0n) is 11.3. The van der Waals surface area contributed by atoms with E-state index < -0.39 is 0 Å². The molecule has 2 aromatic rings. The largest absolute Gasteiger partial charge is 0.497 e. The Labute approximate surface area is 132 Å². The standard InChI is InChI=1S/C15H14ClFN2OS/c1-20-11-7-5-10(6-8-11)19-15(18)21-9-12-13(16)3-2-4-14(12)17/h2-8H,9H2,1H3,(H2,18,19). The third kappa shape index (κ3) is 4.37. The van der Waals surface area contributed by atoms with E-state index >= 15 is 0 Å². The normalized spacial score (nSPS) is 11.5. The molecule has 3 nitrogen and oxygen atoms in total. The van der Waals surface area contributed by atoms with Crippen molar-refractivity contribution in [3.63, 3.8) is 0 Å². The van der Waals surface area contributed by atoms with Gasteiger partial charge in [-0.1, -0.05) is 29.4 Å². The number of methoxy groups -OCH3 is 1.